The van der Waals surface area contributed by atoms with Gasteiger partial charge in [0.05, 0.1) is 36.7 Å². The third-order valence-electron chi connectivity index (χ3n) is 6.85. The third-order valence-corrected chi connectivity index (χ3v) is 6.85. The number of hydrogen-bond donors (Lipinski definition) is 3. The molecule has 4 amide bonds. The number of rotatable bonds is 8. The summed E-state index contributed by atoms with van der Waals surface area (Å²) in [4.78, 5) is 41.0. The zero-order chi connectivity index (χ0) is 32.1. The van der Waals surface area contributed by atoms with E-state index in [0.29, 0.717) is 0 Å². The molecule has 1 aliphatic rings. The lowest BCUT2D eigenvalue weighted by atomic mass is 9.99. The summed E-state index contributed by atoms with van der Waals surface area (Å²) >= 11 is 0. The van der Waals surface area contributed by atoms with E-state index in [1.807, 2.05) is 0 Å². The maximum atomic E-state index is 13.5. The van der Waals surface area contributed by atoms with Crippen LogP contribution < -0.4 is 15.4 Å². The Morgan fingerprint density at radius 2 is 1.70 bits per heavy atom. The van der Waals surface area contributed by atoms with Crippen LogP contribution in [0.5, 0.6) is 5.75 Å². The second kappa shape index (κ2) is 13.5. The quantitative estimate of drug-likeness (QED) is 0.345. The average molecular weight is 619 g/mol. The maximum Gasteiger partial charge on any atom is 0.416 e. The van der Waals surface area contributed by atoms with Crippen LogP contribution in [0.3, 0.4) is 0 Å². The number of nitrogens with one attached hydrogen (secondary N) is 2. The van der Waals surface area contributed by atoms with E-state index in [1.165, 1.54) is 35.0 Å². The minimum Gasteiger partial charge on any atom is -0.487 e. The molecule has 0 fully saturated rings. The molecule has 0 saturated carbocycles. The van der Waals surface area contributed by atoms with Gasteiger partial charge in [-0.3, -0.25) is 9.59 Å². The number of aliphatic hydroxyl groups is 1. The largest absolute Gasteiger partial charge is 0.487 e. The minimum atomic E-state index is -4.52. The number of alkyl halides is 6. The van der Waals surface area contributed by atoms with Gasteiger partial charge in [-0.15, -0.1) is 0 Å². The second-order valence-corrected chi connectivity index (χ2v) is 10.4. The smallest absolute Gasteiger partial charge is 0.416 e. The molecule has 236 valence electrons. The lowest BCUT2D eigenvalue weighted by molar-refractivity contribution is -0.142. The number of ether oxygens (including phenoxy) is 1. The van der Waals surface area contributed by atoms with Crippen molar-refractivity contribution in [2.75, 3.05) is 37.4 Å². The monoisotopic (exact) mass is 618 g/mol. The van der Waals surface area contributed by atoms with Gasteiger partial charge in [-0.1, -0.05) is 6.92 Å². The molecule has 3 N–H and O–H groups in total. The van der Waals surface area contributed by atoms with Crippen LogP contribution in [0.4, 0.5) is 42.5 Å². The highest BCUT2D eigenvalue weighted by Gasteiger charge is 2.35. The average Bonchev–Trinajstić information content (AvgIpc) is 2.93. The summed E-state index contributed by atoms with van der Waals surface area (Å²) in [6.45, 7) is 3.10. The molecule has 0 unspecified atom stereocenters. The Balaban J connectivity index is 1.81. The molecule has 9 nitrogen and oxygen atoms in total. The van der Waals surface area contributed by atoms with Crippen molar-refractivity contribution in [1.29, 1.82) is 0 Å². The van der Waals surface area contributed by atoms with Crippen LogP contribution in [-0.4, -0.2) is 77.8 Å². The lowest BCUT2D eigenvalue weighted by Gasteiger charge is -2.38. The standard InChI is InChI=1S/C28H32F6N4O5/c1-16-13-38(17(2)15-39)25(41)21-12-20(35-24(40)10-11-27(29,30)31)8-9-22(21)43-23(16)14-37(3)26(42)36-19-6-4-18(5-7-19)28(32,33)34/h4-9,12,16-17,23,39H,10-11,13-15H2,1-3H3,(H,35,40)(H,36,42)/t16-,17+,23-/m0/s1. The van der Waals surface area contributed by atoms with Gasteiger partial charge >= 0.3 is 18.4 Å². The van der Waals surface area contributed by atoms with Crippen LogP contribution in [0.2, 0.25) is 0 Å². The van der Waals surface area contributed by atoms with Crippen LogP contribution in [0.1, 0.15) is 42.6 Å². The predicted molar refractivity (Wildman–Crippen MR) is 145 cm³/mol. The van der Waals surface area contributed by atoms with Crippen molar-refractivity contribution in [3.8, 4) is 5.75 Å². The van der Waals surface area contributed by atoms with Gasteiger partial charge in [0.2, 0.25) is 5.91 Å². The fraction of sp³-hybridized carbons (Fsp3) is 0.464. The van der Waals surface area contributed by atoms with E-state index in [1.54, 1.807) is 13.8 Å². The first-order valence-corrected chi connectivity index (χ1v) is 13.3. The molecule has 0 aliphatic carbocycles. The molecular formula is C28H32F6N4O5. The molecule has 3 atom stereocenters. The van der Waals surface area contributed by atoms with Crippen molar-refractivity contribution >= 4 is 29.2 Å². The van der Waals surface area contributed by atoms with Crippen molar-refractivity contribution in [3.05, 3.63) is 53.6 Å². The first-order chi connectivity index (χ1) is 20.0. The number of carbonyl (C=O) groups excluding carboxylic acids is 3. The molecule has 0 aromatic heterocycles. The van der Waals surface area contributed by atoms with Crippen molar-refractivity contribution in [2.45, 2.75) is 51.2 Å². The number of halogens is 6. The Labute approximate surface area is 243 Å². The maximum absolute atomic E-state index is 13.5. The van der Waals surface area contributed by atoms with Gasteiger partial charge in [0.1, 0.15) is 11.9 Å². The molecule has 1 heterocycles. The topological polar surface area (TPSA) is 111 Å². The zero-order valence-electron chi connectivity index (χ0n) is 23.6. The Morgan fingerprint density at radius 3 is 2.28 bits per heavy atom. The van der Waals surface area contributed by atoms with E-state index < -0.39 is 60.7 Å². The number of nitrogens with zero attached hydrogens (tertiary/aromatic N) is 2. The molecule has 0 saturated heterocycles. The number of urea groups is 1. The van der Waals surface area contributed by atoms with Crippen LogP contribution >= 0.6 is 0 Å². The van der Waals surface area contributed by atoms with Crippen LogP contribution in [0, 0.1) is 5.92 Å². The number of hydrogen-bond acceptors (Lipinski definition) is 5. The zero-order valence-corrected chi connectivity index (χ0v) is 23.6. The summed E-state index contributed by atoms with van der Waals surface area (Å²) in [6, 6.07) is 6.68. The number of likely N-dealkylation sites (N-methyl/N-ethyl adjacent to an activating group) is 1. The van der Waals surface area contributed by atoms with Gasteiger partial charge in [0.15, 0.2) is 0 Å². The number of anilines is 2. The fourth-order valence-electron chi connectivity index (χ4n) is 4.31. The van der Waals surface area contributed by atoms with Crippen LogP contribution in [-0.2, 0) is 11.0 Å². The Kier molecular flexibility index (Phi) is 10.5. The van der Waals surface area contributed by atoms with Crippen LogP contribution in [0.25, 0.3) is 0 Å². The number of benzene rings is 2. The van der Waals surface area contributed by atoms with Crippen LogP contribution in [0.15, 0.2) is 42.5 Å². The normalized spacial score (nSPS) is 18.1. The van der Waals surface area contributed by atoms with E-state index >= 15 is 0 Å². The molecule has 2 aromatic carbocycles. The Bertz CT molecular complexity index is 1300. The van der Waals surface area contributed by atoms with E-state index in [9.17, 15) is 45.8 Å². The fourth-order valence-corrected chi connectivity index (χ4v) is 4.31. The van der Waals surface area contributed by atoms with E-state index in [-0.39, 0.29) is 48.3 Å². The predicted octanol–water partition coefficient (Wildman–Crippen LogP) is 5.37. The SMILES string of the molecule is C[C@H](CO)N1C[C@H](C)[C@H](CN(C)C(=O)Nc2ccc(C(F)(F)F)cc2)Oc2ccc(NC(=O)CCC(F)(F)F)cc2C1=O. The van der Waals surface area contributed by atoms with Gasteiger partial charge in [0.25, 0.3) is 5.91 Å². The highest BCUT2D eigenvalue weighted by molar-refractivity contribution is 6.00. The lowest BCUT2D eigenvalue weighted by Crippen LogP contribution is -2.50. The van der Waals surface area contributed by atoms with Crippen molar-refractivity contribution in [2.24, 2.45) is 5.92 Å². The summed E-state index contributed by atoms with van der Waals surface area (Å²) in [7, 11) is 1.45. The second-order valence-electron chi connectivity index (χ2n) is 10.4. The molecule has 1 aliphatic heterocycles. The molecule has 43 heavy (non-hydrogen) atoms. The molecular weight excluding hydrogens is 586 g/mol. The van der Waals surface area contributed by atoms with Crippen molar-refractivity contribution < 1.29 is 50.6 Å². The summed E-state index contributed by atoms with van der Waals surface area (Å²) < 4.78 is 82.2. The Hall–Kier alpha value is -4.01. The van der Waals surface area contributed by atoms with Gasteiger partial charge in [-0.05, 0) is 49.4 Å². The van der Waals surface area contributed by atoms with E-state index in [2.05, 4.69) is 10.6 Å². The highest BCUT2D eigenvalue weighted by atomic mass is 19.4. The summed E-state index contributed by atoms with van der Waals surface area (Å²) in [5.41, 5.74) is -0.671. The number of aliphatic hydroxyl groups excluding tert-OH is 1. The molecule has 0 bridgehead atoms. The molecule has 2 aromatic rings. The van der Waals surface area contributed by atoms with Gasteiger partial charge in [-0.25, -0.2) is 4.79 Å². The summed E-state index contributed by atoms with van der Waals surface area (Å²) in [6.07, 6.45) is -11.9. The Morgan fingerprint density at radius 1 is 1.07 bits per heavy atom. The van der Waals surface area contributed by atoms with Gasteiger partial charge < -0.3 is 30.3 Å². The van der Waals surface area contributed by atoms with E-state index in [4.69, 9.17) is 4.74 Å². The van der Waals surface area contributed by atoms with Gasteiger partial charge in [-0.2, -0.15) is 26.3 Å². The first kappa shape index (κ1) is 33.5. The number of carbonyl (C=O) groups is 3. The molecule has 3 rings (SSSR count). The molecule has 0 spiro atoms. The minimum absolute atomic E-state index is 0.0114. The number of fused-ring (bicyclic) bond motifs is 1. The van der Waals surface area contributed by atoms with E-state index in [0.717, 1.165) is 24.3 Å². The van der Waals surface area contributed by atoms with Crippen molar-refractivity contribution in [3.63, 3.8) is 0 Å². The third kappa shape index (κ3) is 9.24. The first-order valence-electron chi connectivity index (χ1n) is 13.3. The number of amides is 4. The van der Waals surface area contributed by atoms with Crippen molar-refractivity contribution in [1.82, 2.24) is 9.80 Å². The van der Waals surface area contributed by atoms with Gasteiger partial charge in [0, 0.05) is 37.3 Å². The summed E-state index contributed by atoms with van der Waals surface area (Å²) in [5.74, 6) is -1.73. The summed E-state index contributed by atoms with van der Waals surface area (Å²) in [5, 5.41) is 14.6. The molecule has 0 radical (unpaired) electrons. The highest BCUT2D eigenvalue weighted by Crippen LogP contribution is 2.32. The molecule has 15 heteroatoms.